The van der Waals surface area contributed by atoms with Crippen molar-refractivity contribution in [1.29, 1.82) is 0 Å². The van der Waals surface area contributed by atoms with Crippen LogP contribution in [0.5, 0.6) is 0 Å². The molecular weight excluding hydrogens is 695 g/mol. The molecule has 1 amide bonds. The summed E-state index contributed by atoms with van der Waals surface area (Å²) in [7, 11) is 0. The van der Waals surface area contributed by atoms with Crippen LogP contribution in [0.15, 0.2) is 85.1 Å². The quantitative estimate of drug-likeness (QED) is 0.0250. The fraction of sp³-hybridized carbons (Fsp3) is 0.680. The summed E-state index contributed by atoms with van der Waals surface area (Å²) < 4.78 is 5.86. The smallest absolute Gasteiger partial charge is 0.306 e. The van der Waals surface area contributed by atoms with Crippen molar-refractivity contribution in [3.05, 3.63) is 85.1 Å². The highest BCUT2D eigenvalue weighted by Crippen LogP contribution is 2.16. The molecule has 56 heavy (non-hydrogen) atoms. The average Bonchev–Trinajstić information content (AvgIpc) is 3.19. The fourth-order valence-electron chi connectivity index (χ4n) is 6.39. The number of ether oxygens (including phenoxy) is 1. The molecular formula is C50H85NO5. The van der Waals surface area contributed by atoms with Gasteiger partial charge < -0.3 is 20.3 Å². The van der Waals surface area contributed by atoms with E-state index in [0.29, 0.717) is 19.3 Å². The maximum atomic E-state index is 13.1. The van der Waals surface area contributed by atoms with Gasteiger partial charge >= 0.3 is 5.97 Å². The van der Waals surface area contributed by atoms with Gasteiger partial charge in [-0.25, -0.2) is 0 Å². The monoisotopic (exact) mass is 780 g/mol. The predicted octanol–water partition coefficient (Wildman–Crippen LogP) is 13.2. The Bertz CT molecular complexity index is 1100. The van der Waals surface area contributed by atoms with Gasteiger partial charge in [-0.15, -0.1) is 0 Å². The first-order valence-corrected chi connectivity index (χ1v) is 22.9. The maximum absolute atomic E-state index is 13.1. The number of rotatable bonds is 39. The molecule has 0 bridgehead atoms. The van der Waals surface area contributed by atoms with Gasteiger partial charge in [0.15, 0.2) is 0 Å². The van der Waals surface area contributed by atoms with E-state index in [0.717, 1.165) is 89.9 Å². The standard InChI is InChI=1S/C50H85NO5/c1-4-7-10-13-16-19-22-25-28-31-34-37-40-43-50(55)56-46(41-38-35-32-29-26-23-20-17-14-11-8-5-2)44-49(54)51-47(45-52)48(53)42-39-36-33-30-27-24-21-18-15-12-9-6-3/h7-8,10-11,13,16-17,19-20,22,25-26,28-29,46-48,52-53H,4-6,9,12,14-15,18,21,23-24,27,30-45H2,1-3H3,(H,51,54)/b10-7+,11-8+,16-13+,20-17+,22-19-,28-25-,29-26+. The summed E-state index contributed by atoms with van der Waals surface area (Å²) in [5.74, 6) is -0.568. The molecule has 0 spiro atoms. The van der Waals surface area contributed by atoms with Gasteiger partial charge in [-0.05, 0) is 77.0 Å². The third kappa shape index (κ3) is 37.9. The number of aliphatic hydroxyl groups is 2. The Labute approximate surface area is 344 Å². The highest BCUT2D eigenvalue weighted by Gasteiger charge is 2.24. The molecule has 0 saturated carbocycles. The van der Waals surface area contributed by atoms with Gasteiger partial charge in [0.25, 0.3) is 0 Å². The minimum atomic E-state index is -0.807. The molecule has 0 aromatic heterocycles. The summed E-state index contributed by atoms with van der Waals surface area (Å²) in [4.78, 5) is 26.0. The number of unbranched alkanes of at least 4 members (excludes halogenated alkanes) is 16. The van der Waals surface area contributed by atoms with Crippen molar-refractivity contribution < 1.29 is 24.5 Å². The number of hydrogen-bond donors (Lipinski definition) is 3. The Morgan fingerprint density at radius 2 is 1.05 bits per heavy atom. The van der Waals surface area contributed by atoms with E-state index in [9.17, 15) is 19.8 Å². The van der Waals surface area contributed by atoms with Crippen LogP contribution < -0.4 is 5.32 Å². The molecule has 320 valence electrons. The van der Waals surface area contributed by atoms with Gasteiger partial charge in [0.1, 0.15) is 6.10 Å². The lowest BCUT2D eigenvalue weighted by Crippen LogP contribution is -2.46. The summed E-state index contributed by atoms with van der Waals surface area (Å²) in [6, 6.07) is -0.725. The first-order chi connectivity index (χ1) is 27.5. The summed E-state index contributed by atoms with van der Waals surface area (Å²) in [6.45, 7) is 6.18. The number of amides is 1. The zero-order valence-corrected chi connectivity index (χ0v) is 36.2. The fourth-order valence-corrected chi connectivity index (χ4v) is 6.39. The molecule has 3 unspecified atom stereocenters. The topological polar surface area (TPSA) is 95.9 Å². The van der Waals surface area contributed by atoms with Crippen LogP contribution in [-0.4, -0.2) is 46.9 Å². The molecule has 0 rings (SSSR count). The van der Waals surface area contributed by atoms with Crippen LogP contribution >= 0.6 is 0 Å². The molecule has 0 fully saturated rings. The van der Waals surface area contributed by atoms with Crippen LogP contribution in [0, 0.1) is 0 Å². The summed E-state index contributed by atoms with van der Waals surface area (Å²) >= 11 is 0. The van der Waals surface area contributed by atoms with E-state index in [-0.39, 0.29) is 24.9 Å². The average molecular weight is 780 g/mol. The largest absolute Gasteiger partial charge is 0.462 e. The van der Waals surface area contributed by atoms with Crippen molar-refractivity contribution in [2.75, 3.05) is 6.61 Å². The van der Waals surface area contributed by atoms with Gasteiger partial charge in [0.2, 0.25) is 5.91 Å². The van der Waals surface area contributed by atoms with Gasteiger partial charge in [-0.3, -0.25) is 9.59 Å². The second-order valence-corrected chi connectivity index (χ2v) is 15.1. The van der Waals surface area contributed by atoms with Crippen molar-refractivity contribution >= 4 is 11.9 Å². The third-order valence-corrected chi connectivity index (χ3v) is 9.81. The zero-order chi connectivity index (χ0) is 41.0. The lowest BCUT2D eigenvalue weighted by atomic mass is 10.0. The van der Waals surface area contributed by atoms with Crippen LogP contribution in [0.3, 0.4) is 0 Å². The van der Waals surface area contributed by atoms with Crippen molar-refractivity contribution in [2.24, 2.45) is 0 Å². The molecule has 3 atom stereocenters. The Hall–Kier alpha value is -2.96. The second-order valence-electron chi connectivity index (χ2n) is 15.1. The SMILES string of the molecule is CC/C=C/C=C/C=C\C=C/CCCCCC(=O)OC(CCCC/C=C/C/C=C/C/C=C/CC)CC(=O)NC(CO)C(O)CCCCCCCCCCCCCC. The first-order valence-electron chi connectivity index (χ1n) is 22.9. The van der Waals surface area contributed by atoms with Gasteiger partial charge in [0, 0.05) is 6.42 Å². The van der Waals surface area contributed by atoms with E-state index in [1.807, 2.05) is 30.4 Å². The third-order valence-electron chi connectivity index (χ3n) is 9.81. The number of aliphatic hydroxyl groups excluding tert-OH is 2. The van der Waals surface area contributed by atoms with Crippen LogP contribution in [0.2, 0.25) is 0 Å². The molecule has 6 nitrogen and oxygen atoms in total. The van der Waals surface area contributed by atoms with Crippen molar-refractivity contribution in [2.45, 2.75) is 212 Å². The van der Waals surface area contributed by atoms with Gasteiger partial charge in [-0.2, -0.15) is 0 Å². The van der Waals surface area contributed by atoms with E-state index in [2.05, 4.69) is 80.8 Å². The Morgan fingerprint density at radius 1 is 0.554 bits per heavy atom. The Morgan fingerprint density at radius 3 is 1.68 bits per heavy atom. The molecule has 0 aliphatic heterocycles. The molecule has 0 aromatic rings. The first kappa shape index (κ1) is 53.0. The molecule has 0 aliphatic carbocycles. The molecule has 0 heterocycles. The number of esters is 1. The molecule has 0 aromatic carbocycles. The molecule has 0 aliphatic rings. The van der Waals surface area contributed by atoms with Crippen molar-refractivity contribution in [3.63, 3.8) is 0 Å². The number of allylic oxidation sites excluding steroid dienone is 14. The van der Waals surface area contributed by atoms with Gasteiger partial charge in [-0.1, -0.05) is 189 Å². The van der Waals surface area contributed by atoms with E-state index in [4.69, 9.17) is 4.74 Å². The van der Waals surface area contributed by atoms with Gasteiger partial charge in [0.05, 0.1) is 25.2 Å². The van der Waals surface area contributed by atoms with E-state index in [1.54, 1.807) is 0 Å². The van der Waals surface area contributed by atoms with Crippen LogP contribution in [-0.2, 0) is 14.3 Å². The maximum Gasteiger partial charge on any atom is 0.306 e. The minimum absolute atomic E-state index is 0.0308. The highest BCUT2D eigenvalue weighted by molar-refractivity contribution is 5.77. The van der Waals surface area contributed by atoms with Crippen LogP contribution in [0.4, 0.5) is 0 Å². The number of carbonyl (C=O) groups excluding carboxylic acids is 2. The van der Waals surface area contributed by atoms with Crippen molar-refractivity contribution in [3.8, 4) is 0 Å². The lowest BCUT2D eigenvalue weighted by molar-refractivity contribution is -0.151. The lowest BCUT2D eigenvalue weighted by Gasteiger charge is -2.24. The Balaban J connectivity index is 4.73. The van der Waals surface area contributed by atoms with E-state index in [1.165, 1.54) is 57.8 Å². The number of hydrogen-bond acceptors (Lipinski definition) is 5. The van der Waals surface area contributed by atoms with Crippen molar-refractivity contribution in [1.82, 2.24) is 5.32 Å². The Kier molecular flexibility index (Phi) is 40.9. The van der Waals surface area contributed by atoms with E-state index < -0.39 is 18.2 Å². The normalized spacial score (nSPS) is 14.2. The van der Waals surface area contributed by atoms with Crippen LogP contribution in [0.1, 0.15) is 194 Å². The molecule has 0 radical (unpaired) electrons. The number of carbonyl (C=O) groups is 2. The second kappa shape index (κ2) is 43.2. The molecule has 0 saturated heterocycles. The molecule has 3 N–H and O–H groups in total. The minimum Gasteiger partial charge on any atom is -0.462 e. The summed E-state index contributed by atoms with van der Waals surface area (Å²) in [6.07, 6.45) is 55.0. The highest BCUT2D eigenvalue weighted by atomic mass is 16.5. The zero-order valence-electron chi connectivity index (χ0n) is 36.2. The summed E-state index contributed by atoms with van der Waals surface area (Å²) in [5, 5.41) is 23.6. The number of nitrogens with one attached hydrogen (secondary N) is 1. The predicted molar refractivity (Wildman–Crippen MR) is 241 cm³/mol. The molecule has 6 heteroatoms. The van der Waals surface area contributed by atoms with E-state index >= 15 is 0 Å². The summed E-state index contributed by atoms with van der Waals surface area (Å²) in [5.41, 5.74) is 0. The van der Waals surface area contributed by atoms with Crippen LogP contribution in [0.25, 0.3) is 0 Å².